The number of hydrogen-bond donors (Lipinski definition) is 1. The van der Waals surface area contributed by atoms with Gasteiger partial charge in [-0.2, -0.15) is 4.98 Å². The molecule has 4 aromatic rings. The molecule has 1 saturated carbocycles. The zero-order valence-corrected chi connectivity index (χ0v) is 18.1. The number of fused-ring (bicyclic) bond motifs is 2. The first-order chi connectivity index (χ1) is 16.0. The van der Waals surface area contributed by atoms with Gasteiger partial charge in [0.05, 0.1) is 24.7 Å². The van der Waals surface area contributed by atoms with Crippen molar-refractivity contribution in [1.82, 2.24) is 29.5 Å². The minimum absolute atomic E-state index is 0.0815. The molecule has 33 heavy (non-hydrogen) atoms. The van der Waals surface area contributed by atoms with E-state index in [0.29, 0.717) is 11.8 Å². The normalized spacial score (nSPS) is 22.6. The molecule has 1 saturated heterocycles. The monoisotopic (exact) mass is 451 g/mol. The molecule has 170 valence electrons. The van der Waals surface area contributed by atoms with Crippen molar-refractivity contribution >= 4 is 22.5 Å². The zero-order chi connectivity index (χ0) is 22.6. The van der Waals surface area contributed by atoms with Crippen LogP contribution >= 0.6 is 0 Å². The van der Waals surface area contributed by atoms with Gasteiger partial charge < -0.3 is 10.1 Å². The van der Waals surface area contributed by atoms with Crippen LogP contribution in [0.1, 0.15) is 19.3 Å². The molecule has 0 unspecified atom stereocenters. The SMILES string of the molecule is COc1nc(NC2CC3(CCN3CC(F)F)C2)nn2ccc(-c3ccc4nccnc4c3)c12. The van der Waals surface area contributed by atoms with Gasteiger partial charge >= 0.3 is 0 Å². The lowest BCUT2D eigenvalue weighted by atomic mass is 9.64. The molecule has 8 nitrogen and oxygen atoms in total. The molecule has 0 radical (unpaired) electrons. The molecule has 6 rings (SSSR count). The molecule has 1 spiro atoms. The third kappa shape index (κ3) is 3.36. The van der Waals surface area contributed by atoms with Crippen molar-refractivity contribution in [2.45, 2.75) is 37.3 Å². The maximum absolute atomic E-state index is 12.8. The van der Waals surface area contributed by atoms with Crippen LogP contribution in [-0.2, 0) is 0 Å². The Morgan fingerprint density at radius 1 is 1.18 bits per heavy atom. The van der Waals surface area contributed by atoms with E-state index in [1.807, 2.05) is 35.4 Å². The Hall–Kier alpha value is -3.40. The maximum Gasteiger partial charge on any atom is 0.251 e. The Labute approximate surface area is 188 Å². The highest BCUT2D eigenvalue weighted by Gasteiger charge is 2.54. The molecule has 10 heteroatoms. The van der Waals surface area contributed by atoms with Gasteiger partial charge in [-0.25, -0.2) is 13.3 Å². The van der Waals surface area contributed by atoms with Crippen LogP contribution in [0.4, 0.5) is 14.7 Å². The average molecular weight is 451 g/mol. The summed E-state index contributed by atoms with van der Waals surface area (Å²) < 4.78 is 32.9. The minimum Gasteiger partial charge on any atom is -0.479 e. The largest absolute Gasteiger partial charge is 0.479 e. The first-order valence-corrected chi connectivity index (χ1v) is 11.0. The van der Waals surface area contributed by atoms with E-state index in [-0.39, 0.29) is 18.1 Å². The standard InChI is InChI=1S/C23H23F2N7O/c1-33-21-20-16(14-2-3-17-18(10-14)27-7-6-26-17)4-8-32(20)30-22(29-21)28-15-11-23(12-15)5-9-31(23)13-19(24)25/h2-4,6-8,10,15,19H,5,9,11-13H2,1H3,(H,28,30). The summed E-state index contributed by atoms with van der Waals surface area (Å²) in [6.45, 7) is 0.606. The maximum atomic E-state index is 12.8. The first-order valence-electron chi connectivity index (χ1n) is 11.0. The van der Waals surface area contributed by atoms with Crippen LogP contribution in [0.5, 0.6) is 5.88 Å². The van der Waals surface area contributed by atoms with E-state index < -0.39 is 6.43 Å². The highest BCUT2D eigenvalue weighted by molar-refractivity contribution is 5.89. The van der Waals surface area contributed by atoms with E-state index in [9.17, 15) is 8.78 Å². The van der Waals surface area contributed by atoms with Gasteiger partial charge in [0.1, 0.15) is 5.52 Å². The van der Waals surface area contributed by atoms with Crippen LogP contribution in [0.25, 0.3) is 27.7 Å². The number of methoxy groups -OCH3 is 1. The third-order valence-corrected chi connectivity index (χ3v) is 6.92. The summed E-state index contributed by atoms with van der Waals surface area (Å²) in [7, 11) is 1.59. The number of hydrogen-bond acceptors (Lipinski definition) is 7. The lowest BCUT2D eigenvalue weighted by molar-refractivity contribution is -0.102. The molecule has 0 amide bonds. The second-order valence-corrected chi connectivity index (χ2v) is 8.79. The number of alkyl halides is 2. The fraction of sp³-hybridized carbons (Fsp3) is 0.391. The second kappa shape index (κ2) is 7.58. The highest BCUT2D eigenvalue weighted by Crippen LogP contribution is 2.48. The van der Waals surface area contributed by atoms with E-state index in [0.717, 1.165) is 53.5 Å². The molecule has 2 fully saturated rings. The van der Waals surface area contributed by atoms with Gasteiger partial charge in [-0.1, -0.05) is 6.07 Å². The van der Waals surface area contributed by atoms with Crippen molar-refractivity contribution in [2.24, 2.45) is 0 Å². The quantitative estimate of drug-likeness (QED) is 0.480. The van der Waals surface area contributed by atoms with E-state index in [4.69, 9.17) is 4.74 Å². The van der Waals surface area contributed by atoms with E-state index in [2.05, 4.69) is 25.4 Å². The molecule has 1 aromatic carbocycles. The summed E-state index contributed by atoms with van der Waals surface area (Å²) in [6, 6.07) is 8.05. The van der Waals surface area contributed by atoms with Gasteiger partial charge in [-0.3, -0.25) is 14.9 Å². The fourth-order valence-electron chi connectivity index (χ4n) is 5.20. The Morgan fingerprint density at radius 3 is 2.73 bits per heavy atom. The number of ether oxygens (including phenoxy) is 1. The molecule has 4 heterocycles. The molecule has 0 atom stereocenters. The van der Waals surface area contributed by atoms with Gasteiger partial charge in [0.2, 0.25) is 11.8 Å². The topological polar surface area (TPSA) is 80.5 Å². The number of nitrogens with one attached hydrogen (secondary N) is 1. The highest BCUT2D eigenvalue weighted by atomic mass is 19.3. The average Bonchev–Trinajstić information content (AvgIpc) is 3.22. The predicted octanol–water partition coefficient (Wildman–Crippen LogP) is 3.63. The number of nitrogens with zero attached hydrogens (tertiary/aromatic N) is 6. The van der Waals surface area contributed by atoms with E-state index in [1.165, 1.54) is 0 Å². The Balaban J connectivity index is 1.25. The molecule has 1 aliphatic heterocycles. The lowest BCUT2D eigenvalue weighted by Crippen LogP contribution is -2.69. The molecule has 0 bridgehead atoms. The van der Waals surface area contributed by atoms with Crippen molar-refractivity contribution in [2.75, 3.05) is 25.5 Å². The van der Waals surface area contributed by atoms with Crippen LogP contribution in [0.2, 0.25) is 0 Å². The van der Waals surface area contributed by atoms with Crippen molar-refractivity contribution in [3.05, 3.63) is 42.9 Å². The molecular formula is C23H23F2N7O. The predicted molar refractivity (Wildman–Crippen MR) is 120 cm³/mol. The summed E-state index contributed by atoms with van der Waals surface area (Å²) in [5.41, 5.74) is 4.23. The molecule has 1 N–H and O–H groups in total. The molecule has 1 aliphatic carbocycles. The lowest BCUT2D eigenvalue weighted by Gasteiger charge is -2.61. The smallest absolute Gasteiger partial charge is 0.251 e. The number of benzene rings is 1. The van der Waals surface area contributed by atoms with Crippen molar-refractivity contribution in [3.8, 4) is 17.0 Å². The molecule has 2 aliphatic rings. The van der Waals surface area contributed by atoms with Crippen LogP contribution < -0.4 is 10.1 Å². The molecular weight excluding hydrogens is 428 g/mol. The number of halogens is 2. The van der Waals surface area contributed by atoms with Gasteiger partial charge in [-0.15, -0.1) is 5.10 Å². The Morgan fingerprint density at radius 2 is 2.00 bits per heavy atom. The van der Waals surface area contributed by atoms with Gasteiger partial charge in [0.15, 0.2) is 0 Å². The number of likely N-dealkylation sites (tertiary alicyclic amines) is 1. The number of anilines is 1. The summed E-state index contributed by atoms with van der Waals surface area (Å²) >= 11 is 0. The van der Waals surface area contributed by atoms with Crippen LogP contribution in [0.3, 0.4) is 0 Å². The van der Waals surface area contributed by atoms with E-state index in [1.54, 1.807) is 24.0 Å². The van der Waals surface area contributed by atoms with Gasteiger partial charge in [-0.05, 0) is 43.0 Å². The van der Waals surface area contributed by atoms with E-state index >= 15 is 0 Å². The Kier molecular flexibility index (Phi) is 4.65. The van der Waals surface area contributed by atoms with Crippen LogP contribution in [-0.4, -0.2) is 67.7 Å². The van der Waals surface area contributed by atoms with Crippen molar-refractivity contribution in [3.63, 3.8) is 0 Å². The third-order valence-electron chi connectivity index (χ3n) is 6.92. The minimum atomic E-state index is -2.29. The number of aromatic nitrogens is 5. The Bertz CT molecular complexity index is 1340. The van der Waals surface area contributed by atoms with Crippen LogP contribution in [0, 0.1) is 0 Å². The summed E-state index contributed by atoms with van der Waals surface area (Å²) in [5.74, 6) is 0.925. The summed E-state index contributed by atoms with van der Waals surface area (Å²) in [4.78, 5) is 15.2. The molecule has 3 aromatic heterocycles. The zero-order valence-electron chi connectivity index (χ0n) is 18.1. The second-order valence-electron chi connectivity index (χ2n) is 8.79. The van der Waals surface area contributed by atoms with Gasteiger partial charge in [0.25, 0.3) is 6.43 Å². The van der Waals surface area contributed by atoms with Crippen LogP contribution in [0.15, 0.2) is 42.9 Å². The number of rotatable bonds is 6. The fourth-order valence-corrected chi connectivity index (χ4v) is 5.20. The first kappa shape index (κ1) is 20.2. The summed E-state index contributed by atoms with van der Waals surface area (Å²) in [5, 5.41) is 7.99. The summed E-state index contributed by atoms with van der Waals surface area (Å²) in [6.07, 6.45) is 5.54. The van der Waals surface area contributed by atoms with Crippen molar-refractivity contribution < 1.29 is 13.5 Å². The van der Waals surface area contributed by atoms with Gasteiger partial charge in [0, 0.05) is 42.3 Å². The van der Waals surface area contributed by atoms with Crippen molar-refractivity contribution in [1.29, 1.82) is 0 Å².